The van der Waals surface area contributed by atoms with Crippen molar-refractivity contribution >= 4 is 21.9 Å². The average Bonchev–Trinajstić information content (AvgIpc) is 2.72. The van der Waals surface area contributed by atoms with Crippen LogP contribution in [0, 0.1) is 0 Å². The minimum absolute atomic E-state index is 0.223. The summed E-state index contributed by atoms with van der Waals surface area (Å²) in [5, 5.41) is 17.3. The number of carbonyl (C=O) groups is 2. The van der Waals surface area contributed by atoms with Gasteiger partial charge < -0.3 is 10.4 Å². The molecule has 1 amide bonds. The molecule has 1 fully saturated rings. The van der Waals surface area contributed by atoms with Gasteiger partial charge in [-0.2, -0.15) is 0 Å². The van der Waals surface area contributed by atoms with Gasteiger partial charge in [0.05, 0.1) is 5.75 Å². The number of benzene rings is 1. The Balaban J connectivity index is 2.21. The normalized spacial score (nSPS) is 17.7. The number of hydrogen-bond acceptors (Lipinski definition) is 4. The summed E-state index contributed by atoms with van der Waals surface area (Å²) in [6.45, 7) is 0. The number of carboxylic acids is 1. The Morgan fingerprint density at radius 2 is 1.79 bits per heavy atom. The number of sulfonamides is 1. The van der Waals surface area contributed by atoms with E-state index in [1.54, 1.807) is 12.1 Å². The summed E-state index contributed by atoms with van der Waals surface area (Å²) in [7, 11) is -3.70. The molecule has 0 spiro atoms. The number of carbonyl (C=O) groups excluding carboxylic acids is 1. The molecule has 1 aliphatic rings. The third kappa shape index (κ3) is 4.78. The Labute approximate surface area is 141 Å². The Kier molecular flexibility index (Phi) is 5.61. The second kappa shape index (κ2) is 7.31. The molecule has 2 rings (SSSR count). The Morgan fingerprint density at radius 3 is 2.33 bits per heavy atom. The summed E-state index contributed by atoms with van der Waals surface area (Å²) in [5.41, 5.74) is -0.653. The van der Waals surface area contributed by atoms with Crippen LogP contribution in [0.3, 0.4) is 0 Å². The van der Waals surface area contributed by atoms with Gasteiger partial charge in [-0.1, -0.05) is 37.8 Å². The second-order valence-corrected chi connectivity index (χ2v) is 7.88. The van der Waals surface area contributed by atoms with Crippen LogP contribution in [-0.2, 0) is 20.6 Å². The number of primary sulfonamides is 1. The summed E-state index contributed by atoms with van der Waals surface area (Å²) in [6.07, 6.45) is 4.19. The van der Waals surface area contributed by atoms with Crippen molar-refractivity contribution in [1.29, 1.82) is 0 Å². The van der Waals surface area contributed by atoms with E-state index in [9.17, 15) is 23.1 Å². The van der Waals surface area contributed by atoms with Crippen molar-refractivity contribution in [3.8, 4) is 0 Å². The van der Waals surface area contributed by atoms with E-state index in [0.29, 0.717) is 18.4 Å². The number of rotatable bonds is 5. The van der Waals surface area contributed by atoms with E-state index in [1.165, 1.54) is 12.1 Å². The van der Waals surface area contributed by atoms with Crippen molar-refractivity contribution < 1.29 is 23.1 Å². The van der Waals surface area contributed by atoms with Gasteiger partial charge in [0, 0.05) is 5.56 Å². The average molecular weight is 354 g/mol. The maximum atomic E-state index is 12.5. The fourth-order valence-electron chi connectivity index (χ4n) is 3.05. The summed E-state index contributed by atoms with van der Waals surface area (Å²) >= 11 is 0. The predicted molar refractivity (Wildman–Crippen MR) is 88.8 cm³/mol. The van der Waals surface area contributed by atoms with Crippen LogP contribution in [0.25, 0.3) is 0 Å². The Morgan fingerprint density at radius 1 is 1.17 bits per heavy atom. The molecule has 0 unspecified atom stereocenters. The van der Waals surface area contributed by atoms with Crippen LogP contribution in [0.5, 0.6) is 0 Å². The van der Waals surface area contributed by atoms with Gasteiger partial charge in [-0.05, 0) is 30.5 Å². The molecule has 7 nitrogen and oxygen atoms in total. The number of nitrogens with two attached hydrogens (primary N) is 1. The first-order valence-corrected chi connectivity index (χ1v) is 9.59. The molecule has 1 aromatic rings. The van der Waals surface area contributed by atoms with Crippen LogP contribution < -0.4 is 10.5 Å². The lowest BCUT2D eigenvalue weighted by Crippen LogP contribution is -2.54. The highest BCUT2D eigenvalue weighted by atomic mass is 32.2. The first-order chi connectivity index (χ1) is 11.2. The fourth-order valence-corrected chi connectivity index (χ4v) is 3.69. The van der Waals surface area contributed by atoms with Crippen LogP contribution in [-0.4, -0.2) is 30.9 Å². The summed E-state index contributed by atoms with van der Waals surface area (Å²) in [4.78, 5) is 24.2. The number of carboxylic acid groups (broad SMARTS) is 1. The third-order valence-corrected chi connectivity index (χ3v) is 5.01. The maximum Gasteiger partial charge on any atom is 0.329 e. The van der Waals surface area contributed by atoms with Gasteiger partial charge >= 0.3 is 5.97 Å². The van der Waals surface area contributed by atoms with Crippen LogP contribution in [0.4, 0.5) is 0 Å². The summed E-state index contributed by atoms with van der Waals surface area (Å²) < 4.78 is 22.4. The zero-order valence-electron chi connectivity index (χ0n) is 13.3. The van der Waals surface area contributed by atoms with Gasteiger partial charge in [-0.15, -0.1) is 0 Å². The quantitative estimate of drug-likeness (QED) is 0.689. The molecule has 24 heavy (non-hydrogen) atoms. The van der Waals surface area contributed by atoms with E-state index < -0.39 is 27.4 Å². The van der Waals surface area contributed by atoms with Gasteiger partial charge in [0.15, 0.2) is 0 Å². The SMILES string of the molecule is NS(=O)(=O)Cc1cccc(C(=O)NC2(C(=O)O)CCCCCC2)c1. The molecule has 0 aromatic heterocycles. The number of nitrogens with one attached hydrogen (secondary N) is 1. The van der Waals surface area contributed by atoms with Crippen LogP contribution >= 0.6 is 0 Å². The van der Waals surface area contributed by atoms with Crippen LogP contribution in [0.2, 0.25) is 0 Å². The maximum absolute atomic E-state index is 12.5. The number of aliphatic carboxylic acids is 1. The molecule has 0 aliphatic heterocycles. The Hall–Kier alpha value is -1.93. The standard InChI is InChI=1S/C16H22N2O5S/c17-24(22,23)11-12-6-5-7-13(10-12)14(19)18-16(15(20)21)8-3-1-2-4-9-16/h5-7,10H,1-4,8-9,11H2,(H,18,19)(H,20,21)(H2,17,22,23). The van der Waals surface area contributed by atoms with Gasteiger partial charge in [-0.25, -0.2) is 18.4 Å². The van der Waals surface area contributed by atoms with Crippen molar-refractivity contribution in [3.63, 3.8) is 0 Å². The lowest BCUT2D eigenvalue weighted by molar-refractivity contribution is -0.145. The summed E-state index contributed by atoms with van der Waals surface area (Å²) in [5.74, 6) is -1.92. The highest BCUT2D eigenvalue weighted by molar-refractivity contribution is 7.88. The molecule has 1 aliphatic carbocycles. The number of amides is 1. The molecule has 132 valence electrons. The van der Waals surface area contributed by atoms with Crippen molar-refractivity contribution in [2.75, 3.05) is 0 Å². The van der Waals surface area contributed by atoms with Crippen LogP contribution in [0.15, 0.2) is 24.3 Å². The number of hydrogen-bond donors (Lipinski definition) is 3. The largest absolute Gasteiger partial charge is 0.480 e. The third-order valence-electron chi connectivity index (χ3n) is 4.28. The van der Waals surface area contributed by atoms with E-state index in [2.05, 4.69) is 5.32 Å². The van der Waals surface area contributed by atoms with E-state index in [0.717, 1.165) is 25.7 Å². The molecule has 8 heteroatoms. The first-order valence-electron chi connectivity index (χ1n) is 7.87. The lowest BCUT2D eigenvalue weighted by atomic mass is 9.89. The molecule has 0 radical (unpaired) electrons. The molecule has 4 N–H and O–H groups in total. The zero-order chi connectivity index (χ0) is 17.8. The van der Waals surface area contributed by atoms with Gasteiger partial charge in [-0.3, -0.25) is 4.79 Å². The van der Waals surface area contributed by atoms with Crippen molar-refractivity contribution in [2.45, 2.75) is 49.8 Å². The highest BCUT2D eigenvalue weighted by Gasteiger charge is 2.40. The molecule has 1 aromatic carbocycles. The molecule has 0 saturated heterocycles. The molecule has 0 bridgehead atoms. The minimum atomic E-state index is -3.70. The molecule has 0 atom stereocenters. The Bertz CT molecular complexity index is 722. The smallest absolute Gasteiger partial charge is 0.329 e. The van der Waals surface area contributed by atoms with Crippen molar-refractivity contribution in [1.82, 2.24) is 5.32 Å². The monoisotopic (exact) mass is 354 g/mol. The van der Waals surface area contributed by atoms with Gasteiger partial charge in [0.25, 0.3) is 5.91 Å². The molecular formula is C16H22N2O5S. The van der Waals surface area contributed by atoms with E-state index in [1.807, 2.05) is 0 Å². The summed E-state index contributed by atoms with van der Waals surface area (Å²) in [6, 6.07) is 6.05. The van der Waals surface area contributed by atoms with E-state index in [-0.39, 0.29) is 11.3 Å². The lowest BCUT2D eigenvalue weighted by Gasteiger charge is -2.29. The van der Waals surface area contributed by atoms with E-state index >= 15 is 0 Å². The predicted octanol–water partition coefficient (Wildman–Crippen LogP) is 1.38. The molecular weight excluding hydrogens is 332 g/mol. The zero-order valence-corrected chi connectivity index (χ0v) is 14.1. The van der Waals surface area contributed by atoms with Crippen LogP contribution in [0.1, 0.15) is 54.4 Å². The molecule has 1 saturated carbocycles. The van der Waals surface area contributed by atoms with Gasteiger partial charge in [0.2, 0.25) is 10.0 Å². The first kappa shape index (κ1) is 18.4. The van der Waals surface area contributed by atoms with Crippen molar-refractivity contribution in [3.05, 3.63) is 35.4 Å². The second-order valence-electron chi connectivity index (χ2n) is 6.26. The minimum Gasteiger partial charge on any atom is -0.480 e. The molecule has 0 heterocycles. The van der Waals surface area contributed by atoms with Gasteiger partial charge in [0.1, 0.15) is 5.54 Å². The van der Waals surface area contributed by atoms with Crippen molar-refractivity contribution in [2.24, 2.45) is 5.14 Å². The topological polar surface area (TPSA) is 127 Å². The van der Waals surface area contributed by atoms with E-state index in [4.69, 9.17) is 5.14 Å². The highest BCUT2D eigenvalue weighted by Crippen LogP contribution is 2.28. The fraction of sp³-hybridized carbons (Fsp3) is 0.500.